The van der Waals surface area contributed by atoms with Gasteiger partial charge >= 0.3 is 0 Å². The lowest BCUT2D eigenvalue weighted by Gasteiger charge is -2.04. The average Bonchev–Trinajstić information content (AvgIpc) is 2.15. The van der Waals surface area contributed by atoms with Gasteiger partial charge in [-0.3, -0.25) is 9.59 Å². The quantitative estimate of drug-likeness (QED) is 0.810. The maximum atomic E-state index is 11.3. The molecule has 17 heavy (non-hydrogen) atoms. The molecule has 0 aliphatic heterocycles. The van der Waals surface area contributed by atoms with Gasteiger partial charge < -0.3 is 5.32 Å². The van der Waals surface area contributed by atoms with Crippen LogP contribution in [0.3, 0.4) is 0 Å². The number of rotatable bonds is 4. The number of hydrogen-bond acceptors (Lipinski definition) is 4. The first-order valence-corrected chi connectivity index (χ1v) is 6.92. The average molecular weight is 255 g/mol. The standard InChI is InChI=1S/C11H13NO4S/c1-8(13)9-3-5-10(6-4-9)12-11(14)7-17(2,15)16/h3-6H,7H2,1-2H3,(H,12,14). The fraction of sp³-hybridized carbons (Fsp3) is 0.273. The molecule has 1 rings (SSSR count). The summed E-state index contributed by atoms with van der Waals surface area (Å²) in [6.45, 7) is 1.44. The van der Waals surface area contributed by atoms with Gasteiger partial charge in [-0.2, -0.15) is 0 Å². The van der Waals surface area contributed by atoms with E-state index >= 15 is 0 Å². The summed E-state index contributed by atoms with van der Waals surface area (Å²) in [5, 5.41) is 2.44. The van der Waals surface area contributed by atoms with E-state index in [-0.39, 0.29) is 5.78 Å². The monoisotopic (exact) mass is 255 g/mol. The zero-order valence-corrected chi connectivity index (χ0v) is 10.4. The third-order valence-electron chi connectivity index (χ3n) is 1.97. The van der Waals surface area contributed by atoms with Gasteiger partial charge in [-0.05, 0) is 31.2 Å². The van der Waals surface area contributed by atoms with Crippen LogP contribution in [-0.2, 0) is 14.6 Å². The minimum Gasteiger partial charge on any atom is -0.325 e. The Bertz CT molecular complexity index is 531. The van der Waals surface area contributed by atoms with Crippen LogP contribution in [-0.4, -0.2) is 32.1 Å². The molecule has 0 radical (unpaired) electrons. The number of nitrogens with one attached hydrogen (secondary N) is 1. The second-order valence-corrected chi connectivity index (χ2v) is 5.89. The fourth-order valence-corrected chi connectivity index (χ4v) is 1.77. The minimum absolute atomic E-state index is 0.0704. The molecule has 5 nitrogen and oxygen atoms in total. The summed E-state index contributed by atoms with van der Waals surface area (Å²) >= 11 is 0. The van der Waals surface area contributed by atoms with E-state index in [0.29, 0.717) is 11.3 Å². The van der Waals surface area contributed by atoms with E-state index in [2.05, 4.69) is 5.32 Å². The molecule has 0 unspecified atom stereocenters. The van der Waals surface area contributed by atoms with Crippen LogP contribution in [0.15, 0.2) is 24.3 Å². The van der Waals surface area contributed by atoms with Gasteiger partial charge in [0.25, 0.3) is 0 Å². The molecule has 1 N–H and O–H groups in total. The molecule has 0 saturated heterocycles. The van der Waals surface area contributed by atoms with Gasteiger partial charge in [0, 0.05) is 17.5 Å². The largest absolute Gasteiger partial charge is 0.325 e. The lowest BCUT2D eigenvalue weighted by molar-refractivity contribution is -0.113. The molecule has 92 valence electrons. The van der Waals surface area contributed by atoms with Crippen LogP contribution in [0.2, 0.25) is 0 Å². The summed E-state index contributed by atoms with van der Waals surface area (Å²) in [7, 11) is -3.33. The van der Waals surface area contributed by atoms with Crippen molar-refractivity contribution in [3.63, 3.8) is 0 Å². The molecule has 0 fully saturated rings. The van der Waals surface area contributed by atoms with E-state index in [9.17, 15) is 18.0 Å². The van der Waals surface area contributed by atoms with Crippen LogP contribution in [0.25, 0.3) is 0 Å². The molecule has 0 saturated carbocycles. The first-order valence-electron chi connectivity index (χ1n) is 4.86. The molecule has 1 aromatic rings. The number of benzene rings is 1. The molecule has 0 atom stereocenters. The molecule has 0 heterocycles. The number of sulfone groups is 1. The Labute approximate surface area is 99.8 Å². The van der Waals surface area contributed by atoms with E-state index in [1.807, 2.05) is 0 Å². The van der Waals surface area contributed by atoms with Crippen LogP contribution in [0.5, 0.6) is 0 Å². The van der Waals surface area contributed by atoms with Crippen LogP contribution in [0, 0.1) is 0 Å². The fourth-order valence-electron chi connectivity index (χ4n) is 1.22. The van der Waals surface area contributed by atoms with E-state index in [4.69, 9.17) is 0 Å². The molecular formula is C11H13NO4S. The molecule has 0 aromatic heterocycles. The van der Waals surface area contributed by atoms with Gasteiger partial charge in [0.2, 0.25) is 5.91 Å². The number of amides is 1. The van der Waals surface area contributed by atoms with Crippen LogP contribution in [0.1, 0.15) is 17.3 Å². The molecule has 1 aromatic carbocycles. The molecule has 0 bridgehead atoms. The second-order valence-electron chi connectivity index (χ2n) is 3.75. The van der Waals surface area contributed by atoms with Gasteiger partial charge in [-0.1, -0.05) is 0 Å². The minimum atomic E-state index is -3.33. The van der Waals surface area contributed by atoms with Crippen LogP contribution in [0.4, 0.5) is 5.69 Å². The van der Waals surface area contributed by atoms with E-state index in [0.717, 1.165) is 6.26 Å². The summed E-state index contributed by atoms with van der Waals surface area (Å²) in [6, 6.07) is 6.24. The van der Waals surface area contributed by atoms with Crippen molar-refractivity contribution in [2.24, 2.45) is 0 Å². The van der Waals surface area contributed by atoms with Crippen molar-refractivity contribution in [2.75, 3.05) is 17.3 Å². The van der Waals surface area contributed by atoms with Gasteiger partial charge in [0.15, 0.2) is 15.6 Å². The summed E-state index contributed by atoms with van der Waals surface area (Å²) < 4.78 is 21.7. The predicted molar refractivity (Wildman–Crippen MR) is 64.8 cm³/mol. The number of ketones is 1. The highest BCUT2D eigenvalue weighted by Crippen LogP contribution is 2.10. The van der Waals surface area contributed by atoms with Crippen molar-refractivity contribution in [1.82, 2.24) is 0 Å². The zero-order chi connectivity index (χ0) is 13.1. The number of anilines is 1. The van der Waals surface area contributed by atoms with E-state index < -0.39 is 21.5 Å². The lowest BCUT2D eigenvalue weighted by atomic mass is 10.1. The van der Waals surface area contributed by atoms with Crippen molar-refractivity contribution in [3.05, 3.63) is 29.8 Å². The lowest BCUT2D eigenvalue weighted by Crippen LogP contribution is -2.21. The summed E-state index contributed by atoms with van der Waals surface area (Å²) in [6.07, 6.45) is 0.991. The van der Waals surface area contributed by atoms with Crippen molar-refractivity contribution in [2.45, 2.75) is 6.92 Å². The summed E-state index contributed by atoms with van der Waals surface area (Å²) in [5.41, 5.74) is 0.995. The highest BCUT2D eigenvalue weighted by molar-refractivity contribution is 7.91. The molecule has 6 heteroatoms. The Hall–Kier alpha value is -1.69. The van der Waals surface area contributed by atoms with Gasteiger partial charge in [0.05, 0.1) is 0 Å². The Morgan fingerprint density at radius 3 is 2.12 bits per heavy atom. The number of hydrogen-bond donors (Lipinski definition) is 1. The third-order valence-corrected chi connectivity index (χ3v) is 2.76. The Balaban J connectivity index is 2.70. The number of carbonyl (C=O) groups is 2. The smallest absolute Gasteiger partial charge is 0.239 e. The van der Waals surface area contributed by atoms with Crippen molar-refractivity contribution >= 4 is 27.2 Å². The van der Waals surface area contributed by atoms with E-state index in [1.54, 1.807) is 24.3 Å². The highest BCUT2D eigenvalue weighted by atomic mass is 32.2. The third kappa shape index (κ3) is 4.78. The topological polar surface area (TPSA) is 80.3 Å². The van der Waals surface area contributed by atoms with Crippen molar-refractivity contribution in [3.8, 4) is 0 Å². The van der Waals surface area contributed by atoms with Crippen molar-refractivity contribution < 1.29 is 18.0 Å². The first-order chi connectivity index (χ1) is 7.78. The van der Waals surface area contributed by atoms with Crippen LogP contribution < -0.4 is 5.32 Å². The van der Waals surface area contributed by atoms with Gasteiger partial charge in [-0.15, -0.1) is 0 Å². The summed E-state index contributed by atoms with van der Waals surface area (Å²) in [4.78, 5) is 22.3. The maximum Gasteiger partial charge on any atom is 0.239 e. The first kappa shape index (κ1) is 13.4. The van der Waals surface area contributed by atoms with E-state index in [1.165, 1.54) is 6.92 Å². The zero-order valence-electron chi connectivity index (χ0n) is 9.56. The predicted octanol–water partition coefficient (Wildman–Crippen LogP) is 0.872. The molecule has 0 aliphatic carbocycles. The summed E-state index contributed by atoms with van der Waals surface area (Å²) in [5.74, 6) is -1.22. The molecular weight excluding hydrogens is 242 g/mol. The Morgan fingerprint density at radius 1 is 1.18 bits per heavy atom. The number of Topliss-reactive ketones (excluding diaryl/α,β-unsaturated/α-hetero) is 1. The SMILES string of the molecule is CC(=O)c1ccc(NC(=O)CS(C)(=O)=O)cc1. The molecule has 0 spiro atoms. The normalized spacial score (nSPS) is 10.9. The Morgan fingerprint density at radius 2 is 1.71 bits per heavy atom. The maximum absolute atomic E-state index is 11.3. The van der Waals surface area contributed by atoms with Crippen molar-refractivity contribution in [1.29, 1.82) is 0 Å². The Kier molecular flexibility index (Phi) is 4.01. The van der Waals surface area contributed by atoms with Crippen LogP contribution >= 0.6 is 0 Å². The highest BCUT2D eigenvalue weighted by Gasteiger charge is 2.10. The van der Waals surface area contributed by atoms with Gasteiger partial charge in [-0.25, -0.2) is 8.42 Å². The molecule has 1 amide bonds. The second kappa shape index (κ2) is 5.09. The number of carbonyl (C=O) groups excluding carboxylic acids is 2. The van der Waals surface area contributed by atoms with Gasteiger partial charge in [0.1, 0.15) is 5.75 Å². The molecule has 0 aliphatic rings.